The Morgan fingerprint density at radius 2 is 1.00 bits per heavy atom. The molecule has 0 unspecified atom stereocenters. The number of phosphoric ester groups is 1. The molecule has 36 heavy (non-hydrogen) atoms. The van der Waals surface area contributed by atoms with Gasteiger partial charge in [-0.3, -0.25) is 13.6 Å². The highest BCUT2D eigenvalue weighted by Crippen LogP contribution is 2.53. The smallest absolute Gasteiger partial charge is 0.346 e. The van der Waals surface area contributed by atoms with Gasteiger partial charge < -0.3 is 18.9 Å². The molecule has 9 heteroatoms. The van der Waals surface area contributed by atoms with Crippen LogP contribution in [-0.4, -0.2) is 38.6 Å². The molecule has 0 atom stereocenters. The highest BCUT2D eigenvalue weighted by atomic mass is 31.2. The van der Waals surface area contributed by atoms with Gasteiger partial charge in [-0.25, -0.2) is 4.57 Å². The summed E-state index contributed by atoms with van der Waals surface area (Å²) in [6, 6.07) is 28.6. The molecule has 5 rings (SSSR count). The van der Waals surface area contributed by atoms with Crippen LogP contribution >= 0.6 is 7.82 Å². The molecule has 190 valence electrons. The SMILES string of the molecule is O=P(OCc1ccccc1)(OC1COC(c2ccccc2)OC1)OC1COC(c2ccccc2)OC1. The van der Waals surface area contributed by atoms with Gasteiger partial charge in [0, 0.05) is 11.1 Å². The molecular weight excluding hydrogens is 483 g/mol. The molecule has 0 N–H and O–H groups in total. The molecular formula is C27H29O8P. The summed E-state index contributed by atoms with van der Waals surface area (Å²) in [6.07, 6.45) is -2.28. The normalized spacial score (nSPS) is 26.2. The van der Waals surface area contributed by atoms with Crippen molar-refractivity contribution in [3.63, 3.8) is 0 Å². The maximum Gasteiger partial charge on any atom is 0.475 e. The lowest BCUT2D eigenvalue weighted by atomic mass is 10.2. The summed E-state index contributed by atoms with van der Waals surface area (Å²) in [6.45, 7) is 0.760. The topological polar surface area (TPSA) is 81.7 Å². The van der Waals surface area contributed by atoms with Crippen LogP contribution in [0.4, 0.5) is 0 Å². The molecule has 0 spiro atoms. The Kier molecular flexibility index (Phi) is 8.59. The van der Waals surface area contributed by atoms with Crippen LogP contribution in [0.25, 0.3) is 0 Å². The molecule has 0 amide bonds. The summed E-state index contributed by atoms with van der Waals surface area (Å²) < 4.78 is 54.4. The number of ether oxygens (including phenoxy) is 4. The van der Waals surface area contributed by atoms with E-state index in [0.29, 0.717) is 0 Å². The third-order valence-corrected chi connectivity index (χ3v) is 7.22. The Bertz CT molecular complexity index is 1030. The van der Waals surface area contributed by atoms with E-state index in [0.717, 1.165) is 16.7 Å². The number of hydrogen-bond donors (Lipinski definition) is 0. The van der Waals surface area contributed by atoms with Crippen molar-refractivity contribution in [3.8, 4) is 0 Å². The minimum atomic E-state index is -4.03. The van der Waals surface area contributed by atoms with Crippen molar-refractivity contribution in [2.45, 2.75) is 31.4 Å². The van der Waals surface area contributed by atoms with Crippen LogP contribution in [0.3, 0.4) is 0 Å². The average Bonchev–Trinajstić information content (AvgIpc) is 2.94. The molecule has 0 saturated carbocycles. The summed E-state index contributed by atoms with van der Waals surface area (Å²) in [4.78, 5) is 0. The molecule has 0 bridgehead atoms. The van der Waals surface area contributed by atoms with Gasteiger partial charge in [0.05, 0.1) is 33.0 Å². The first-order valence-electron chi connectivity index (χ1n) is 11.9. The second-order valence-electron chi connectivity index (χ2n) is 8.48. The Morgan fingerprint density at radius 3 is 1.42 bits per heavy atom. The van der Waals surface area contributed by atoms with E-state index in [1.165, 1.54) is 0 Å². The minimum absolute atomic E-state index is 0.0558. The highest BCUT2D eigenvalue weighted by molar-refractivity contribution is 7.48. The van der Waals surface area contributed by atoms with Gasteiger partial charge in [0.1, 0.15) is 12.2 Å². The van der Waals surface area contributed by atoms with Crippen molar-refractivity contribution in [3.05, 3.63) is 108 Å². The largest absolute Gasteiger partial charge is 0.475 e. The Balaban J connectivity index is 1.20. The average molecular weight is 512 g/mol. The van der Waals surface area contributed by atoms with E-state index in [2.05, 4.69) is 0 Å². The van der Waals surface area contributed by atoms with E-state index in [-0.39, 0.29) is 33.0 Å². The molecule has 0 aromatic heterocycles. The van der Waals surface area contributed by atoms with Crippen molar-refractivity contribution in [1.82, 2.24) is 0 Å². The fourth-order valence-electron chi connectivity index (χ4n) is 3.88. The molecule has 2 heterocycles. The zero-order chi connectivity index (χ0) is 24.6. The summed E-state index contributed by atoms with van der Waals surface area (Å²) in [5.74, 6) is 0. The van der Waals surface area contributed by atoms with E-state index in [1.807, 2.05) is 91.0 Å². The lowest BCUT2D eigenvalue weighted by molar-refractivity contribution is -0.228. The quantitative estimate of drug-likeness (QED) is 0.344. The third-order valence-electron chi connectivity index (χ3n) is 5.67. The Hall–Kier alpha value is -2.39. The summed E-state index contributed by atoms with van der Waals surface area (Å²) >= 11 is 0. The number of rotatable bonds is 9. The van der Waals surface area contributed by atoms with Crippen LogP contribution in [0.1, 0.15) is 29.3 Å². The van der Waals surface area contributed by atoms with Gasteiger partial charge in [-0.2, -0.15) is 0 Å². The lowest BCUT2D eigenvalue weighted by Crippen LogP contribution is -2.36. The first kappa shape index (κ1) is 25.3. The molecule has 0 radical (unpaired) electrons. The standard InChI is InChI=1S/C27H29O8P/c28-36(33-16-21-10-4-1-5-11-21,34-24-17-29-26(30-18-24)22-12-6-2-7-13-22)35-25-19-31-27(32-20-25)23-14-8-3-9-15-23/h1-15,24-27H,16-20H2. The van der Waals surface area contributed by atoms with Crippen molar-refractivity contribution in [1.29, 1.82) is 0 Å². The Morgan fingerprint density at radius 1 is 0.611 bits per heavy atom. The van der Waals surface area contributed by atoms with Crippen LogP contribution in [0.5, 0.6) is 0 Å². The van der Waals surface area contributed by atoms with E-state index >= 15 is 0 Å². The van der Waals surface area contributed by atoms with E-state index in [9.17, 15) is 4.57 Å². The molecule has 3 aromatic carbocycles. The predicted octanol–water partition coefficient (Wildman–Crippen LogP) is 5.57. The first-order chi connectivity index (χ1) is 17.7. The number of phosphoric acid groups is 1. The molecule has 3 aromatic rings. The summed E-state index contributed by atoms with van der Waals surface area (Å²) in [5, 5.41) is 0. The summed E-state index contributed by atoms with van der Waals surface area (Å²) in [7, 11) is -4.03. The van der Waals surface area contributed by atoms with Gasteiger partial charge in [-0.05, 0) is 5.56 Å². The van der Waals surface area contributed by atoms with Crippen molar-refractivity contribution in [2.24, 2.45) is 0 Å². The van der Waals surface area contributed by atoms with Crippen LogP contribution in [0.2, 0.25) is 0 Å². The van der Waals surface area contributed by atoms with Gasteiger partial charge in [0.2, 0.25) is 0 Å². The first-order valence-corrected chi connectivity index (χ1v) is 13.3. The zero-order valence-electron chi connectivity index (χ0n) is 19.7. The lowest BCUT2D eigenvalue weighted by Gasteiger charge is -2.34. The number of benzene rings is 3. The van der Waals surface area contributed by atoms with Crippen LogP contribution in [0, 0.1) is 0 Å². The second-order valence-corrected chi connectivity index (χ2v) is 10.1. The molecule has 2 saturated heterocycles. The van der Waals surface area contributed by atoms with Gasteiger partial charge in [0.15, 0.2) is 12.6 Å². The molecule has 2 aliphatic rings. The fourth-order valence-corrected chi connectivity index (χ4v) is 5.33. The maximum atomic E-state index is 13.7. The van der Waals surface area contributed by atoms with E-state index < -0.39 is 32.6 Å². The number of hydrogen-bond acceptors (Lipinski definition) is 8. The van der Waals surface area contributed by atoms with Crippen LogP contribution < -0.4 is 0 Å². The zero-order valence-corrected chi connectivity index (χ0v) is 20.6. The van der Waals surface area contributed by atoms with Gasteiger partial charge in [-0.1, -0.05) is 91.0 Å². The molecule has 8 nitrogen and oxygen atoms in total. The fraction of sp³-hybridized carbons (Fsp3) is 0.333. The van der Waals surface area contributed by atoms with Crippen molar-refractivity contribution in [2.75, 3.05) is 26.4 Å². The van der Waals surface area contributed by atoms with Crippen molar-refractivity contribution >= 4 is 7.82 Å². The maximum absolute atomic E-state index is 13.7. The van der Waals surface area contributed by atoms with Crippen LogP contribution in [-0.2, 0) is 43.7 Å². The van der Waals surface area contributed by atoms with Gasteiger partial charge in [-0.15, -0.1) is 0 Å². The molecule has 2 aliphatic heterocycles. The Labute approximate surface area is 210 Å². The second kappa shape index (κ2) is 12.2. The summed E-state index contributed by atoms with van der Waals surface area (Å²) in [5.41, 5.74) is 2.64. The van der Waals surface area contributed by atoms with Crippen LogP contribution in [0.15, 0.2) is 91.0 Å². The highest BCUT2D eigenvalue weighted by Gasteiger charge is 2.38. The monoisotopic (exact) mass is 512 g/mol. The molecule has 2 fully saturated rings. The van der Waals surface area contributed by atoms with Gasteiger partial charge in [0.25, 0.3) is 0 Å². The predicted molar refractivity (Wildman–Crippen MR) is 131 cm³/mol. The third kappa shape index (κ3) is 6.88. The minimum Gasteiger partial charge on any atom is -0.346 e. The van der Waals surface area contributed by atoms with E-state index in [1.54, 1.807) is 0 Å². The molecule has 0 aliphatic carbocycles. The van der Waals surface area contributed by atoms with Crippen molar-refractivity contribution < 1.29 is 37.1 Å². The van der Waals surface area contributed by atoms with E-state index in [4.69, 9.17) is 32.5 Å². The van der Waals surface area contributed by atoms with Gasteiger partial charge >= 0.3 is 7.82 Å².